The second-order valence-electron chi connectivity index (χ2n) is 6.75. The molecule has 1 saturated carbocycles. The van der Waals surface area contributed by atoms with Gasteiger partial charge in [-0.3, -0.25) is 19.9 Å². The first-order chi connectivity index (χ1) is 12.9. The van der Waals surface area contributed by atoms with Crippen LogP contribution in [0.5, 0.6) is 0 Å². The minimum atomic E-state index is -0.636. The average Bonchev–Trinajstić information content (AvgIpc) is 2.65. The molecular formula is C19H21FN4O3. The number of anilines is 1. The normalized spacial score (nSPS) is 19.3. The van der Waals surface area contributed by atoms with Crippen LogP contribution in [0.3, 0.4) is 0 Å². The maximum Gasteiger partial charge on any atom is 0.295 e. The van der Waals surface area contributed by atoms with Crippen LogP contribution in [0, 0.1) is 22.9 Å². The standard InChI is InChI=1S/C19H21FN4O3/c1-12-3-2-10-21-18(12)19(25)23-15-7-5-14(6-8-15)22-16-9-4-13(20)11-17(16)24(26)27/h2-4,9-11,14-15,22H,5-8H2,1H3,(H,23,25). The summed E-state index contributed by atoms with van der Waals surface area (Å²) in [7, 11) is 0. The Labute approximate surface area is 156 Å². The molecule has 27 heavy (non-hydrogen) atoms. The van der Waals surface area contributed by atoms with Gasteiger partial charge in [0, 0.05) is 18.3 Å². The molecule has 1 aromatic heterocycles. The first-order valence-electron chi connectivity index (χ1n) is 8.87. The lowest BCUT2D eigenvalue weighted by atomic mass is 9.90. The number of rotatable bonds is 5. The van der Waals surface area contributed by atoms with E-state index in [0.717, 1.165) is 37.3 Å². The van der Waals surface area contributed by atoms with Crippen LogP contribution in [-0.2, 0) is 0 Å². The number of nitrogens with zero attached hydrogens (tertiary/aromatic N) is 2. The summed E-state index contributed by atoms with van der Waals surface area (Å²) in [5.74, 6) is -0.817. The minimum absolute atomic E-state index is 0.0406. The van der Waals surface area contributed by atoms with E-state index in [1.165, 1.54) is 12.1 Å². The zero-order chi connectivity index (χ0) is 19.4. The molecule has 8 heteroatoms. The van der Waals surface area contributed by atoms with Gasteiger partial charge in [0.15, 0.2) is 0 Å². The molecule has 3 rings (SSSR count). The Balaban J connectivity index is 1.56. The number of carbonyl (C=O) groups excluding carboxylic acids is 1. The summed E-state index contributed by atoms with van der Waals surface area (Å²) < 4.78 is 13.2. The molecule has 1 amide bonds. The Bertz CT molecular complexity index is 851. The van der Waals surface area contributed by atoms with Gasteiger partial charge in [0.25, 0.3) is 11.6 Å². The van der Waals surface area contributed by atoms with Gasteiger partial charge in [0.1, 0.15) is 17.2 Å². The van der Waals surface area contributed by atoms with Crippen molar-refractivity contribution in [3.05, 3.63) is 63.7 Å². The van der Waals surface area contributed by atoms with Gasteiger partial charge in [-0.2, -0.15) is 0 Å². The number of hydrogen-bond acceptors (Lipinski definition) is 5. The molecule has 1 heterocycles. The molecule has 1 aliphatic carbocycles. The number of hydrogen-bond donors (Lipinski definition) is 2. The van der Waals surface area contributed by atoms with Crippen molar-refractivity contribution >= 4 is 17.3 Å². The highest BCUT2D eigenvalue weighted by Crippen LogP contribution is 2.29. The summed E-state index contributed by atoms with van der Waals surface area (Å²) in [5.41, 5.74) is 1.31. The van der Waals surface area contributed by atoms with Gasteiger partial charge in [-0.05, 0) is 56.4 Å². The highest BCUT2D eigenvalue weighted by molar-refractivity contribution is 5.93. The van der Waals surface area contributed by atoms with E-state index in [1.54, 1.807) is 12.3 Å². The largest absolute Gasteiger partial charge is 0.377 e. The lowest BCUT2D eigenvalue weighted by molar-refractivity contribution is -0.384. The van der Waals surface area contributed by atoms with E-state index in [9.17, 15) is 19.3 Å². The summed E-state index contributed by atoms with van der Waals surface area (Å²) in [4.78, 5) is 27.0. The van der Waals surface area contributed by atoms with Gasteiger partial charge < -0.3 is 10.6 Å². The number of nitro groups is 1. The van der Waals surface area contributed by atoms with E-state index in [1.807, 2.05) is 13.0 Å². The van der Waals surface area contributed by atoms with Crippen LogP contribution in [0.1, 0.15) is 41.7 Å². The molecule has 0 aliphatic heterocycles. The fourth-order valence-corrected chi connectivity index (χ4v) is 3.36. The van der Waals surface area contributed by atoms with E-state index in [4.69, 9.17) is 0 Å². The van der Waals surface area contributed by atoms with Crippen LogP contribution in [-0.4, -0.2) is 27.9 Å². The summed E-state index contributed by atoms with van der Waals surface area (Å²) >= 11 is 0. The molecule has 1 aliphatic rings. The van der Waals surface area contributed by atoms with Crippen molar-refractivity contribution in [2.24, 2.45) is 0 Å². The van der Waals surface area contributed by atoms with E-state index in [0.29, 0.717) is 11.4 Å². The van der Waals surface area contributed by atoms with Crippen molar-refractivity contribution in [1.82, 2.24) is 10.3 Å². The van der Waals surface area contributed by atoms with Crippen LogP contribution < -0.4 is 10.6 Å². The monoisotopic (exact) mass is 372 g/mol. The SMILES string of the molecule is Cc1cccnc1C(=O)NC1CCC(Nc2ccc(F)cc2[N+](=O)[O-])CC1. The Kier molecular flexibility index (Phi) is 5.63. The van der Waals surface area contributed by atoms with Gasteiger partial charge in [-0.25, -0.2) is 4.39 Å². The average molecular weight is 372 g/mol. The molecule has 0 unspecified atom stereocenters. The second kappa shape index (κ2) is 8.11. The first-order valence-corrected chi connectivity index (χ1v) is 8.87. The predicted molar refractivity (Wildman–Crippen MR) is 99.2 cm³/mol. The molecule has 142 valence electrons. The molecular weight excluding hydrogens is 351 g/mol. The maximum atomic E-state index is 13.2. The number of halogens is 1. The Morgan fingerprint density at radius 2 is 1.93 bits per heavy atom. The minimum Gasteiger partial charge on any atom is -0.377 e. The molecule has 0 saturated heterocycles. The number of nitrogens with one attached hydrogen (secondary N) is 2. The lowest BCUT2D eigenvalue weighted by Gasteiger charge is -2.30. The number of aryl methyl sites for hydroxylation is 1. The number of aromatic nitrogens is 1. The highest BCUT2D eigenvalue weighted by atomic mass is 19.1. The summed E-state index contributed by atoms with van der Waals surface area (Å²) in [5, 5.41) is 17.2. The number of amides is 1. The van der Waals surface area contributed by atoms with Crippen LogP contribution in [0.4, 0.5) is 15.8 Å². The third-order valence-corrected chi connectivity index (χ3v) is 4.80. The topological polar surface area (TPSA) is 97.2 Å². The van der Waals surface area contributed by atoms with Gasteiger partial charge in [0.2, 0.25) is 0 Å². The highest BCUT2D eigenvalue weighted by Gasteiger charge is 2.25. The van der Waals surface area contributed by atoms with E-state index < -0.39 is 10.7 Å². The van der Waals surface area contributed by atoms with Crippen LogP contribution in [0.15, 0.2) is 36.5 Å². The van der Waals surface area contributed by atoms with Crippen LogP contribution in [0.2, 0.25) is 0 Å². The molecule has 1 aromatic carbocycles. The van der Waals surface area contributed by atoms with Gasteiger partial charge in [-0.1, -0.05) is 6.07 Å². The second-order valence-corrected chi connectivity index (χ2v) is 6.75. The third kappa shape index (κ3) is 4.58. The number of nitro benzene ring substituents is 1. The zero-order valence-electron chi connectivity index (χ0n) is 14.9. The fraction of sp³-hybridized carbons (Fsp3) is 0.368. The number of benzene rings is 1. The van der Waals surface area contributed by atoms with Crippen molar-refractivity contribution in [2.45, 2.75) is 44.7 Å². The zero-order valence-corrected chi connectivity index (χ0v) is 14.9. The fourth-order valence-electron chi connectivity index (χ4n) is 3.36. The molecule has 0 bridgehead atoms. The maximum absolute atomic E-state index is 13.2. The van der Waals surface area contributed by atoms with Crippen molar-refractivity contribution in [3.63, 3.8) is 0 Å². The number of carbonyl (C=O) groups is 1. The lowest BCUT2D eigenvalue weighted by Crippen LogP contribution is -2.40. The summed E-state index contributed by atoms with van der Waals surface area (Å²) in [6.07, 6.45) is 4.61. The Hall–Kier alpha value is -3.03. The smallest absolute Gasteiger partial charge is 0.295 e. The summed E-state index contributed by atoms with van der Waals surface area (Å²) in [6.45, 7) is 1.85. The molecule has 0 radical (unpaired) electrons. The number of pyridine rings is 1. The van der Waals surface area contributed by atoms with Crippen molar-refractivity contribution < 1.29 is 14.1 Å². The quantitative estimate of drug-likeness (QED) is 0.617. The molecule has 7 nitrogen and oxygen atoms in total. The van der Waals surface area contributed by atoms with Gasteiger partial charge in [0.05, 0.1) is 11.0 Å². The molecule has 1 fully saturated rings. The molecule has 0 atom stereocenters. The first kappa shape index (κ1) is 18.8. The van der Waals surface area contributed by atoms with Crippen molar-refractivity contribution in [1.29, 1.82) is 0 Å². The van der Waals surface area contributed by atoms with Crippen molar-refractivity contribution in [3.8, 4) is 0 Å². The third-order valence-electron chi connectivity index (χ3n) is 4.80. The summed E-state index contributed by atoms with van der Waals surface area (Å²) in [6, 6.07) is 7.24. The van der Waals surface area contributed by atoms with E-state index >= 15 is 0 Å². The van der Waals surface area contributed by atoms with E-state index in [2.05, 4.69) is 15.6 Å². The molecule has 2 N–H and O–H groups in total. The van der Waals surface area contributed by atoms with Crippen LogP contribution >= 0.6 is 0 Å². The Morgan fingerprint density at radius 1 is 1.22 bits per heavy atom. The van der Waals surface area contributed by atoms with Gasteiger partial charge in [-0.15, -0.1) is 0 Å². The molecule has 2 aromatic rings. The van der Waals surface area contributed by atoms with E-state index in [-0.39, 0.29) is 23.7 Å². The van der Waals surface area contributed by atoms with Crippen LogP contribution in [0.25, 0.3) is 0 Å². The predicted octanol–water partition coefficient (Wildman–Crippen LogP) is 3.59. The Morgan fingerprint density at radius 3 is 2.59 bits per heavy atom. The molecule has 0 spiro atoms. The van der Waals surface area contributed by atoms with Crippen molar-refractivity contribution in [2.75, 3.05) is 5.32 Å². The van der Waals surface area contributed by atoms with Gasteiger partial charge >= 0.3 is 0 Å².